The Hall–Kier alpha value is -4.33. The number of Topliss-reactive ketones (excluding diaryl/α,β-unsaturated/α-hetero) is 1. The van der Waals surface area contributed by atoms with E-state index < -0.39 is 5.97 Å². The van der Waals surface area contributed by atoms with Gasteiger partial charge in [-0.05, 0) is 87.0 Å². The average Bonchev–Trinajstić information content (AvgIpc) is 2.88. The van der Waals surface area contributed by atoms with E-state index in [0.717, 1.165) is 12.8 Å². The van der Waals surface area contributed by atoms with Crippen molar-refractivity contribution in [3.05, 3.63) is 83.4 Å². The van der Waals surface area contributed by atoms with Crippen LogP contribution in [0.4, 0.5) is 11.4 Å². The number of hydrogen-bond acceptors (Lipinski definition) is 8. The number of benzene rings is 3. The summed E-state index contributed by atoms with van der Waals surface area (Å²) in [6, 6.07) is 17.6. The van der Waals surface area contributed by atoms with Crippen LogP contribution in [0.3, 0.4) is 0 Å². The highest BCUT2D eigenvalue weighted by molar-refractivity contribution is 5.99. The molecule has 3 aromatic carbocycles. The van der Waals surface area contributed by atoms with Crippen LogP contribution in [0.1, 0.15) is 64.7 Å². The van der Waals surface area contributed by atoms with Crippen molar-refractivity contribution < 1.29 is 28.6 Å². The maximum atomic E-state index is 12.5. The van der Waals surface area contributed by atoms with Crippen LogP contribution in [-0.4, -0.2) is 30.9 Å². The molecule has 0 heterocycles. The third-order valence-corrected chi connectivity index (χ3v) is 5.07. The van der Waals surface area contributed by atoms with Crippen molar-refractivity contribution in [2.24, 2.45) is 10.2 Å². The topological polar surface area (TPSA) is 104 Å². The molecule has 0 atom stereocenters. The van der Waals surface area contributed by atoms with Crippen LogP contribution >= 0.6 is 0 Å². The number of esters is 2. The summed E-state index contributed by atoms with van der Waals surface area (Å²) >= 11 is 0. The van der Waals surface area contributed by atoms with Gasteiger partial charge in [-0.3, -0.25) is 4.79 Å². The SMILES string of the molecule is CCCCOC(=O)c1ccc(N=Nc2ccc(OC(=O)c3ccc(OCC)cc3)cc2C(C)=O)cc1. The lowest BCUT2D eigenvalue weighted by atomic mass is 10.1. The molecule has 0 fully saturated rings. The summed E-state index contributed by atoms with van der Waals surface area (Å²) in [5.41, 5.74) is 1.86. The molecule has 0 saturated carbocycles. The Morgan fingerprint density at radius 2 is 1.42 bits per heavy atom. The highest BCUT2D eigenvalue weighted by Crippen LogP contribution is 2.28. The molecule has 0 aromatic heterocycles. The van der Waals surface area contributed by atoms with Crippen molar-refractivity contribution in [3.63, 3.8) is 0 Å². The lowest BCUT2D eigenvalue weighted by Crippen LogP contribution is -2.09. The summed E-state index contributed by atoms with van der Waals surface area (Å²) in [4.78, 5) is 36.7. The summed E-state index contributed by atoms with van der Waals surface area (Å²) in [5, 5.41) is 8.33. The molecule has 0 N–H and O–H groups in total. The van der Waals surface area contributed by atoms with E-state index in [9.17, 15) is 14.4 Å². The molecule has 186 valence electrons. The highest BCUT2D eigenvalue weighted by Gasteiger charge is 2.13. The minimum atomic E-state index is -0.560. The fourth-order valence-corrected chi connectivity index (χ4v) is 3.14. The second kappa shape index (κ2) is 12.9. The Kier molecular flexibility index (Phi) is 9.45. The first-order valence-corrected chi connectivity index (χ1v) is 11.7. The smallest absolute Gasteiger partial charge is 0.343 e. The van der Waals surface area contributed by atoms with Gasteiger partial charge >= 0.3 is 11.9 Å². The van der Waals surface area contributed by atoms with Crippen LogP contribution in [0.5, 0.6) is 11.5 Å². The molecule has 3 aromatic rings. The lowest BCUT2D eigenvalue weighted by Gasteiger charge is -2.08. The predicted octanol–water partition coefficient (Wildman–Crippen LogP) is 6.88. The van der Waals surface area contributed by atoms with Crippen LogP contribution in [0.2, 0.25) is 0 Å². The summed E-state index contributed by atoms with van der Waals surface area (Å²) in [5.74, 6) is -0.336. The molecule has 0 aliphatic heterocycles. The van der Waals surface area contributed by atoms with Crippen molar-refractivity contribution in [2.45, 2.75) is 33.6 Å². The summed E-state index contributed by atoms with van der Waals surface area (Å²) in [6.07, 6.45) is 1.76. The first kappa shape index (κ1) is 26.3. The molecule has 0 bridgehead atoms. The molecular formula is C28H28N2O6. The zero-order valence-corrected chi connectivity index (χ0v) is 20.5. The van der Waals surface area contributed by atoms with E-state index in [0.29, 0.717) is 41.5 Å². The van der Waals surface area contributed by atoms with Crippen LogP contribution < -0.4 is 9.47 Å². The molecule has 8 nitrogen and oxygen atoms in total. The third kappa shape index (κ3) is 7.33. The Balaban J connectivity index is 1.69. The number of nitrogens with zero attached hydrogens (tertiary/aromatic N) is 2. The van der Waals surface area contributed by atoms with Gasteiger partial charge in [0.25, 0.3) is 0 Å². The number of unbranched alkanes of at least 4 members (excludes halogenated alkanes) is 1. The summed E-state index contributed by atoms with van der Waals surface area (Å²) < 4.78 is 16.0. The van der Waals surface area contributed by atoms with Crippen LogP contribution in [0, 0.1) is 0 Å². The molecule has 0 radical (unpaired) electrons. The van der Waals surface area contributed by atoms with E-state index in [1.54, 1.807) is 60.7 Å². The van der Waals surface area contributed by atoms with Crippen LogP contribution in [0.25, 0.3) is 0 Å². The van der Waals surface area contributed by atoms with Gasteiger partial charge in [0.05, 0.1) is 35.7 Å². The fourth-order valence-electron chi connectivity index (χ4n) is 3.14. The zero-order chi connectivity index (χ0) is 25.9. The van der Waals surface area contributed by atoms with Crippen molar-refractivity contribution in [2.75, 3.05) is 13.2 Å². The third-order valence-electron chi connectivity index (χ3n) is 5.07. The number of carbonyl (C=O) groups is 3. The Morgan fingerprint density at radius 1 is 0.778 bits per heavy atom. The van der Waals surface area contributed by atoms with Gasteiger partial charge in [0.2, 0.25) is 0 Å². The van der Waals surface area contributed by atoms with Crippen LogP contribution in [0.15, 0.2) is 77.0 Å². The number of carbonyl (C=O) groups excluding carboxylic acids is 3. The number of rotatable bonds is 11. The number of azo groups is 1. The molecule has 0 amide bonds. The highest BCUT2D eigenvalue weighted by atomic mass is 16.5. The quantitative estimate of drug-likeness (QED) is 0.0958. The number of ether oxygens (including phenoxy) is 3. The van der Waals surface area contributed by atoms with E-state index in [2.05, 4.69) is 10.2 Å². The van der Waals surface area contributed by atoms with Crippen molar-refractivity contribution in [1.82, 2.24) is 0 Å². The first-order chi connectivity index (χ1) is 17.4. The monoisotopic (exact) mass is 488 g/mol. The van der Waals surface area contributed by atoms with Crippen molar-refractivity contribution in [1.29, 1.82) is 0 Å². The minimum absolute atomic E-state index is 0.212. The second-order valence-electron chi connectivity index (χ2n) is 7.82. The predicted molar refractivity (Wildman–Crippen MR) is 135 cm³/mol. The van der Waals surface area contributed by atoms with Gasteiger partial charge in [-0.25, -0.2) is 9.59 Å². The maximum Gasteiger partial charge on any atom is 0.343 e. The molecular weight excluding hydrogens is 460 g/mol. The van der Waals surface area contributed by atoms with E-state index in [1.165, 1.54) is 13.0 Å². The van der Waals surface area contributed by atoms with Gasteiger partial charge < -0.3 is 14.2 Å². The molecule has 36 heavy (non-hydrogen) atoms. The molecule has 0 aliphatic rings. The summed E-state index contributed by atoms with van der Waals surface area (Å²) in [7, 11) is 0. The summed E-state index contributed by atoms with van der Waals surface area (Å²) in [6.45, 7) is 6.21. The van der Waals surface area contributed by atoms with E-state index in [4.69, 9.17) is 14.2 Å². The largest absolute Gasteiger partial charge is 0.494 e. The van der Waals surface area contributed by atoms with Gasteiger partial charge in [0, 0.05) is 5.56 Å². The molecule has 3 rings (SSSR count). The minimum Gasteiger partial charge on any atom is -0.494 e. The number of hydrogen-bond donors (Lipinski definition) is 0. The molecule has 0 saturated heterocycles. The van der Waals surface area contributed by atoms with Crippen LogP contribution in [-0.2, 0) is 4.74 Å². The fraction of sp³-hybridized carbons (Fsp3) is 0.250. The van der Waals surface area contributed by atoms with Gasteiger partial charge in [-0.2, -0.15) is 5.11 Å². The zero-order valence-electron chi connectivity index (χ0n) is 20.5. The van der Waals surface area contributed by atoms with Gasteiger partial charge in [0.15, 0.2) is 5.78 Å². The van der Waals surface area contributed by atoms with Crippen molar-refractivity contribution >= 4 is 29.1 Å². The van der Waals surface area contributed by atoms with Gasteiger partial charge in [0.1, 0.15) is 11.5 Å². The molecule has 8 heteroatoms. The Bertz CT molecular complexity index is 1230. The lowest BCUT2D eigenvalue weighted by molar-refractivity contribution is 0.0499. The second-order valence-corrected chi connectivity index (χ2v) is 7.82. The average molecular weight is 489 g/mol. The van der Waals surface area contributed by atoms with Gasteiger partial charge in [-0.15, -0.1) is 5.11 Å². The van der Waals surface area contributed by atoms with E-state index >= 15 is 0 Å². The normalized spacial score (nSPS) is 10.8. The first-order valence-electron chi connectivity index (χ1n) is 11.7. The van der Waals surface area contributed by atoms with Gasteiger partial charge in [-0.1, -0.05) is 13.3 Å². The van der Waals surface area contributed by atoms with E-state index in [-0.39, 0.29) is 23.1 Å². The maximum absolute atomic E-state index is 12.5. The standard InChI is InChI=1S/C28H28N2O6/c1-4-6-17-35-27(32)20-7-11-22(12-8-20)29-30-26-16-15-24(18-25(26)19(3)31)36-28(33)21-9-13-23(14-10-21)34-5-2/h7-16,18H,4-6,17H2,1-3H3. The number of ketones is 1. The van der Waals surface area contributed by atoms with Crippen molar-refractivity contribution in [3.8, 4) is 11.5 Å². The Morgan fingerprint density at radius 3 is 2.06 bits per heavy atom. The Labute approximate surface area is 209 Å². The molecule has 0 aliphatic carbocycles. The molecule has 0 spiro atoms. The molecule has 0 unspecified atom stereocenters. The van der Waals surface area contributed by atoms with E-state index in [1.807, 2.05) is 13.8 Å².